The molecule has 2 heterocycles. The zero-order valence-electron chi connectivity index (χ0n) is 13.0. The van der Waals surface area contributed by atoms with Crippen molar-refractivity contribution < 1.29 is 0 Å². The molecule has 0 bridgehead atoms. The van der Waals surface area contributed by atoms with Gasteiger partial charge < -0.3 is 5.32 Å². The van der Waals surface area contributed by atoms with Crippen LogP contribution in [0.2, 0.25) is 0 Å². The monoisotopic (exact) mass is 301 g/mol. The van der Waals surface area contributed by atoms with Gasteiger partial charge in [0, 0.05) is 40.9 Å². The van der Waals surface area contributed by atoms with E-state index in [1.165, 1.54) is 27.5 Å². The number of benzene rings is 1. The molecule has 4 heteroatoms. The normalized spacial score (nSPS) is 17.2. The molecule has 0 saturated carbocycles. The van der Waals surface area contributed by atoms with Gasteiger partial charge in [-0.1, -0.05) is 25.1 Å². The number of thioether (sulfide) groups is 1. The number of rotatable bonds is 5. The second kappa shape index (κ2) is 6.24. The SMILES string of the molecule is CCNCc1c(C)nn(CC2CSc3ccccc32)c1C. The summed E-state index contributed by atoms with van der Waals surface area (Å²) < 4.78 is 2.20. The van der Waals surface area contributed by atoms with Gasteiger partial charge in [-0.2, -0.15) is 5.10 Å². The fraction of sp³-hybridized carbons (Fsp3) is 0.471. The van der Waals surface area contributed by atoms with Crippen molar-refractivity contribution in [3.05, 3.63) is 46.8 Å². The van der Waals surface area contributed by atoms with Crippen LogP contribution in [0.5, 0.6) is 0 Å². The van der Waals surface area contributed by atoms with Gasteiger partial charge in [0.25, 0.3) is 0 Å². The molecule has 0 fully saturated rings. The molecule has 112 valence electrons. The summed E-state index contributed by atoms with van der Waals surface area (Å²) in [6.07, 6.45) is 0. The van der Waals surface area contributed by atoms with Gasteiger partial charge in [-0.15, -0.1) is 11.8 Å². The van der Waals surface area contributed by atoms with Crippen LogP contribution in [0.3, 0.4) is 0 Å². The lowest BCUT2D eigenvalue weighted by molar-refractivity contribution is 0.533. The number of aryl methyl sites for hydroxylation is 1. The van der Waals surface area contributed by atoms with Gasteiger partial charge in [0.05, 0.1) is 5.69 Å². The molecule has 0 amide bonds. The number of fused-ring (bicyclic) bond motifs is 1. The maximum atomic E-state index is 4.77. The van der Waals surface area contributed by atoms with Gasteiger partial charge in [-0.3, -0.25) is 4.68 Å². The van der Waals surface area contributed by atoms with Crippen LogP contribution in [0.15, 0.2) is 29.2 Å². The fourth-order valence-electron chi connectivity index (χ4n) is 3.01. The van der Waals surface area contributed by atoms with E-state index in [0.29, 0.717) is 5.92 Å². The molecule has 1 aliphatic rings. The van der Waals surface area contributed by atoms with Gasteiger partial charge in [0.2, 0.25) is 0 Å². The molecule has 0 saturated heterocycles. The van der Waals surface area contributed by atoms with E-state index in [1.807, 2.05) is 11.8 Å². The van der Waals surface area contributed by atoms with E-state index in [4.69, 9.17) is 5.10 Å². The van der Waals surface area contributed by atoms with E-state index >= 15 is 0 Å². The summed E-state index contributed by atoms with van der Waals surface area (Å²) in [6.45, 7) is 9.36. The zero-order chi connectivity index (χ0) is 14.8. The van der Waals surface area contributed by atoms with Crippen molar-refractivity contribution in [2.24, 2.45) is 0 Å². The summed E-state index contributed by atoms with van der Waals surface area (Å²) in [5.41, 5.74) is 5.31. The maximum absolute atomic E-state index is 4.77. The van der Waals surface area contributed by atoms with Gasteiger partial charge in [0.1, 0.15) is 0 Å². The molecule has 1 aromatic carbocycles. The van der Waals surface area contributed by atoms with Crippen molar-refractivity contribution in [2.75, 3.05) is 12.3 Å². The highest BCUT2D eigenvalue weighted by Crippen LogP contribution is 2.40. The van der Waals surface area contributed by atoms with E-state index in [9.17, 15) is 0 Å². The summed E-state index contributed by atoms with van der Waals surface area (Å²) in [7, 11) is 0. The standard InChI is InChI=1S/C17H23N3S/c1-4-18-9-16-12(2)19-20(13(16)3)10-14-11-21-17-8-6-5-7-15(14)17/h5-8,14,18H,4,9-11H2,1-3H3. The minimum Gasteiger partial charge on any atom is -0.313 e. The van der Waals surface area contributed by atoms with Crippen molar-refractivity contribution in [1.82, 2.24) is 15.1 Å². The Labute approximate surface area is 131 Å². The molecule has 3 rings (SSSR count). The Morgan fingerprint density at radius 1 is 1.33 bits per heavy atom. The predicted molar refractivity (Wildman–Crippen MR) is 89.0 cm³/mol. The first-order chi connectivity index (χ1) is 10.2. The Kier molecular flexibility index (Phi) is 4.36. The summed E-state index contributed by atoms with van der Waals surface area (Å²) in [5, 5.41) is 8.18. The van der Waals surface area contributed by atoms with Crippen LogP contribution in [0.4, 0.5) is 0 Å². The molecule has 0 spiro atoms. The lowest BCUT2D eigenvalue weighted by Gasteiger charge is -2.12. The quantitative estimate of drug-likeness (QED) is 0.916. The third-order valence-corrected chi connectivity index (χ3v) is 5.53. The highest BCUT2D eigenvalue weighted by molar-refractivity contribution is 7.99. The lowest BCUT2D eigenvalue weighted by atomic mass is 10.0. The van der Waals surface area contributed by atoms with Crippen molar-refractivity contribution in [3.8, 4) is 0 Å². The third-order valence-electron chi connectivity index (χ3n) is 4.28. The average molecular weight is 301 g/mol. The Morgan fingerprint density at radius 3 is 2.95 bits per heavy atom. The number of nitrogens with one attached hydrogen (secondary N) is 1. The van der Waals surface area contributed by atoms with Gasteiger partial charge in [0.15, 0.2) is 0 Å². The topological polar surface area (TPSA) is 29.9 Å². The number of hydrogen-bond donors (Lipinski definition) is 1. The van der Waals surface area contributed by atoms with Crippen LogP contribution in [0, 0.1) is 13.8 Å². The van der Waals surface area contributed by atoms with Crippen LogP contribution in [0.1, 0.15) is 35.4 Å². The second-order valence-electron chi connectivity index (χ2n) is 5.66. The molecule has 3 nitrogen and oxygen atoms in total. The fourth-order valence-corrected chi connectivity index (χ4v) is 4.25. The highest BCUT2D eigenvalue weighted by atomic mass is 32.2. The second-order valence-corrected chi connectivity index (χ2v) is 6.72. The summed E-state index contributed by atoms with van der Waals surface area (Å²) in [6, 6.07) is 8.78. The van der Waals surface area contributed by atoms with Crippen molar-refractivity contribution in [3.63, 3.8) is 0 Å². The van der Waals surface area contributed by atoms with Crippen molar-refractivity contribution in [1.29, 1.82) is 0 Å². The Balaban J connectivity index is 1.80. The Morgan fingerprint density at radius 2 is 2.14 bits per heavy atom. The van der Waals surface area contributed by atoms with E-state index in [-0.39, 0.29) is 0 Å². The summed E-state index contributed by atoms with van der Waals surface area (Å²) in [4.78, 5) is 1.44. The molecular weight excluding hydrogens is 278 g/mol. The van der Waals surface area contributed by atoms with Crippen LogP contribution < -0.4 is 5.32 Å². The molecule has 1 aromatic heterocycles. The van der Waals surface area contributed by atoms with Crippen molar-refractivity contribution in [2.45, 2.75) is 44.7 Å². The van der Waals surface area contributed by atoms with Crippen molar-refractivity contribution >= 4 is 11.8 Å². The minimum absolute atomic E-state index is 0.580. The number of nitrogens with zero attached hydrogens (tertiary/aromatic N) is 2. The molecule has 0 aliphatic carbocycles. The van der Waals surface area contributed by atoms with Gasteiger partial charge in [-0.25, -0.2) is 0 Å². The van der Waals surface area contributed by atoms with Gasteiger partial charge in [-0.05, 0) is 32.0 Å². The number of aromatic nitrogens is 2. The molecule has 21 heavy (non-hydrogen) atoms. The lowest BCUT2D eigenvalue weighted by Crippen LogP contribution is -2.14. The van der Waals surface area contributed by atoms with E-state index in [0.717, 1.165) is 25.3 Å². The van der Waals surface area contributed by atoms with Crippen LogP contribution >= 0.6 is 11.8 Å². The molecule has 0 radical (unpaired) electrons. The molecule has 1 aliphatic heterocycles. The summed E-state index contributed by atoms with van der Waals surface area (Å²) in [5.74, 6) is 1.75. The first kappa shape index (κ1) is 14.7. The molecule has 1 unspecified atom stereocenters. The predicted octanol–water partition coefficient (Wildman–Crippen LogP) is 3.50. The minimum atomic E-state index is 0.580. The number of hydrogen-bond acceptors (Lipinski definition) is 3. The van der Waals surface area contributed by atoms with E-state index < -0.39 is 0 Å². The molecular formula is C17H23N3S. The largest absolute Gasteiger partial charge is 0.313 e. The molecule has 2 aromatic rings. The first-order valence-corrected chi connectivity index (χ1v) is 8.64. The smallest absolute Gasteiger partial charge is 0.0641 e. The Hall–Kier alpha value is -1.26. The van der Waals surface area contributed by atoms with Crippen LogP contribution in [0.25, 0.3) is 0 Å². The van der Waals surface area contributed by atoms with Gasteiger partial charge >= 0.3 is 0 Å². The zero-order valence-corrected chi connectivity index (χ0v) is 13.8. The van der Waals surface area contributed by atoms with Crippen LogP contribution in [-0.4, -0.2) is 22.1 Å². The van der Waals surface area contributed by atoms with E-state index in [1.54, 1.807) is 0 Å². The molecule has 1 N–H and O–H groups in total. The summed E-state index contributed by atoms with van der Waals surface area (Å²) >= 11 is 1.97. The first-order valence-electron chi connectivity index (χ1n) is 7.66. The third kappa shape index (κ3) is 2.87. The maximum Gasteiger partial charge on any atom is 0.0641 e. The molecule has 1 atom stereocenters. The highest BCUT2D eigenvalue weighted by Gasteiger charge is 2.24. The Bertz CT molecular complexity index is 633. The van der Waals surface area contributed by atoms with Crippen LogP contribution in [-0.2, 0) is 13.1 Å². The van der Waals surface area contributed by atoms with E-state index in [2.05, 4.69) is 55.0 Å². The average Bonchev–Trinajstić information content (AvgIpc) is 3.01.